The monoisotopic (exact) mass is 183 g/mol. The van der Waals surface area contributed by atoms with Gasteiger partial charge in [0, 0.05) is 12.1 Å². The van der Waals surface area contributed by atoms with Gasteiger partial charge in [-0.05, 0) is 17.7 Å². The first-order chi connectivity index (χ1) is 6.19. The Labute approximate surface area is 75.0 Å². The number of rotatable bonds is 3. The zero-order valence-corrected chi connectivity index (χ0v) is 6.90. The van der Waals surface area contributed by atoms with Crippen molar-refractivity contribution >= 4 is 6.29 Å². The first kappa shape index (κ1) is 9.83. The molecule has 1 atom stereocenters. The third-order valence-corrected chi connectivity index (χ3v) is 1.76. The second-order valence-electron chi connectivity index (χ2n) is 2.64. The Kier molecular flexibility index (Phi) is 3.11. The highest BCUT2D eigenvalue weighted by molar-refractivity contribution is 5.77. The van der Waals surface area contributed by atoms with Crippen molar-refractivity contribution in [2.75, 3.05) is 6.54 Å². The Bertz CT molecular complexity index is 314. The van der Waals surface area contributed by atoms with E-state index in [1.807, 2.05) is 0 Å². The summed E-state index contributed by atoms with van der Waals surface area (Å²) in [6, 6.07) is 3.61. The van der Waals surface area contributed by atoms with E-state index in [-0.39, 0.29) is 12.1 Å². The number of hydrogen-bond acceptors (Lipinski definition) is 3. The molecule has 3 nitrogen and oxygen atoms in total. The lowest BCUT2D eigenvalue weighted by Gasteiger charge is -2.09. The van der Waals surface area contributed by atoms with E-state index in [1.165, 1.54) is 12.1 Å². The summed E-state index contributed by atoms with van der Waals surface area (Å²) < 4.78 is 12.6. The second-order valence-corrected chi connectivity index (χ2v) is 2.64. The third kappa shape index (κ3) is 2.11. The van der Waals surface area contributed by atoms with Crippen molar-refractivity contribution in [3.63, 3.8) is 0 Å². The Morgan fingerprint density at radius 1 is 1.62 bits per heavy atom. The molecule has 0 aliphatic heterocycles. The zero-order chi connectivity index (χ0) is 9.84. The minimum Gasteiger partial charge on any atom is -0.387 e. The molecule has 1 aromatic carbocycles. The summed E-state index contributed by atoms with van der Waals surface area (Å²) >= 11 is 0. The lowest BCUT2D eigenvalue weighted by Crippen LogP contribution is -2.13. The fourth-order valence-corrected chi connectivity index (χ4v) is 1.08. The van der Waals surface area contributed by atoms with Crippen molar-refractivity contribution in [1.29, 1.82) is 0 Å². The number of aldehydes is 1. The lowest BCUT2D eigenvalue weighted by molar-refractivity contribution is 0.111. The molecule has 0 saturated heterocycles. The molecule has 70 valence electrons. The molecular formula is C9H10FNO2. The van der Waals surface area contributed by atoms with Gasteiger partial charge in [-0.15, -0.1) is 0 Å². The first-order valence-electron chi connectivity index (χ1n) is 3.81. The van der Waals surface area contributed by atoms with Crippen molar-refractivity contribution in [2.24, 2.45) is 5.73 Å². The minimum absolute atomic E-state index is 0.00642. The van der Waals surface area contributed by atoms with E-state index < -0.39 is 11.9 Å². The molecule has 1 aromatic rings. The summed E-state index contributed by atoms with van der Waals surface area (Å²) in [5, 5.41) is 9.33. The Morgan fingerprint density at radius 2 is 2.31 bits per heavy atom. The maximum atomic E-state index is 12.6. The largest absolute Gasteiger partial charge is 0.387 e. The Balaban J connectivity index is 3.13. The van der Waals surface area contributed by atoms with Crippen molar-refractivity contribution in [3.8, 4) is 0 Å². The fraction of sp³-hybridized carbons (Fsp3) is 0.222. The Morgan fingerprint density at radius 3 is 2.85 bits per heavy atom. The van der Waals surface area contributed by atoms with E-state index in [9.17, 15) is 14.3 Å². The molecule has 0 aliphatic carbocycles. The highest BCUT2D eigenvalue weighted by atomic mass is 19.1. The third-order valence-electron chi connectivity index (χ3n) is 1.76. The second kappa shape index (κ2) is 4.11. The lowest BCUT2D eigenvalue weighted by atomic mass is 10.0. The standard InChI is InChI=1S/C9H10FNO2/c10-7-1-2-8(9(13)4-11)6(3-7)5-12/h1-3,5,9,13H,4,11H2. The highest BCUT2D eigenvalue weighted by Gasteiger charge is 2.10. The molecular weight excluding hydrogens is 173 g/mol. The summed E-state index contributed by atoms with van der Waals surface area (Å²) in [6.07, 6.45) is -0.419. The summed E-state index contributed by atoms with van der Waals surface area (Å²) in [4.78, 5) is 10.5. The van der Waals surface area contributed by atoms with Crippen LogP contribution >= 0.6 is 0 Å². The number of aliphatic hydroxyl groups is 1. The maximum absolute atomic E-state index is 12.6. The van der Waals surface area contributed by atoms with Gasteiger partial charge >= 0.3 is 0 Å². The summed E-state index contributed by atoms with van der Waals surface area (Å²) in [7, 11) is 0. The van der Waals surface area contributed by atoms with Crippen molar-refractivity contribution in [3.05, 3.63) is 35.1 Å². The molecule has 0 aliphatic rings. The molecule has 0 heterocycles. The van der Waals surface area contributed by atoms with Crippen LogP contribution in [0.25, 0.3) is 0 Å². The summed E-state index contributed by atoms with van der Waals surface area (Å²) in [5.74, 6) is -0.505. The quantitative estimate of drug-likeness (QED) is 0.675. The average molecular weight is 183 g/mol. The van der Waals surface area contributed by atoms with Crippen LogP contribution < -0.4 is 5.73 Å². The van der Waals surface area contributed by atoms with Crippen LogP contribution in [0.15, 0.2) is 18.2 Å². The van der Waals surface area contributed by atoms with Crippen molar-refractivity contribution < 1.29 is 14.3 Å². The molecule has 0 bridgehead atoms. The molecule has 0 amide bonds. The predicted molar refractivity (Wildman–Crippen MR) is 45.8 cm³/mol. The molecule has 0 saturated carbocycles. The SMILES string of the molecule is NCC(O)c1ccc(F)cc1C=O. The molecule has 1 unspecified atom stereocenters. The average Bonchev–Trinajstić information content (AvgIpc) is 2.16. The maximum Gasteiger partial charge on any atom is 0.150 e. The van der Waals surface area contributed by atoms with Crippen molar-refractivity contribution in [2.45, 2.75) is 6.10 Å². The summed E-state index contributed by atoms with van der Waals surface area (Å²) in [6.45, 7) is 0.00642. The van der Waals surface area contributed by atoms with Gasteiger partial charge in [0.2, 0.25) is 0 Å². The number of hydrogen-bond donors (Lipinski definition) is 2. The van der Waals surface area contributed by atoms with Crippen LogP contribution in [0, 0.1) is 5.82 Å². The van der Waals surface area contributed by atoms with Gasteiger partial charge in [-0.1, -0.05) is 6.07 Å². The number of aliphatic hydroxyl groups excluding tert-OH is 1. The minimum atomic E-state index is -0.916. The van der Waals surface area contributed by atoms with Crippen LogP contribution in [0.5, 0.6) is 0 Å². The predicted octanol–water partition coefficient (Wildman–Crippen LogP) is 0.630. The molecule has 4 heteroatoms. The molecule has 1 rings (SSSR count). The number of carbonyl (C=O) groups excluding carboxylic acids is 1. The number of carbonyl (C=O) groups is 1. The van der Waals surface area contributed by atoms with Crippen LogP contribution in [0.1, 0.15) is 22.0 Å². The van der Waals surface area contributed by atoms with Gasteiger partial charge < -0.3 is 10.8 Å². The molecule has 0 aromatic heterocycles. The molecule has 13 heavy (non-hydrogen) atoms. The van der Waals surface area contributed by atoms with Crippen LogP contribution in [0.3, 0.4) is 0 Å². The van der Waals surface area contributed by atoms with E-state index >= 15 is 0 Å². The van der Waals surface area contributed by atoms with Gasteiger partial charge in [0.25, 0.3) is 0 Å². The van der Waals surface area contributed by atoms with Gasteiger partial charge in [-0.2, -0.15) is 0 Å². The number of halogens is 1. The number of nitrogens with two attached hydrogens (primary N) is 1. The van der Waals surface area contributed by atoms with Crippen LogP contribution in [0.2, 0.25) is 0 Å². The Hall–Kier alpha value is -1.26. The van der Waals surface area contributed by atoms with E-state index in [2.05, 4.69) is 0 Å². The van der Waals surface area contributed by atoms with Gasteiger partial charge in [0.1, 0.15) is 5.82 Å². The van der Waals surface area contributed by atoms with E-state index in [4.69, 9.17) is 5.73 Å². The van der Waals surface area contributed by atoms with Crippen LogP contribution in [0.4, 0.5) is 4.39 Å². The van der Waals surface area contributed by atoms with E-state index in [1.54, 1.807) is 0 Å². The number of benzene rings is 1. The van der Waals surface area contributed by atoms with Crippen molar-refractivity contribution in [1.82, 2.24) is 0 Å². The van der Waals surface area contributed by atoms with Gasteiger partial charge in [-0.3, -0.25) is 4.79 Å². The van der Waals surface area contributed by atoms with Crippen LogP contribution in [-0.4, -0.2) is 17.9 Å². The van der Waals surface area contributed by atoms with E-state index in [0.29, 0.717) is 11.8 Å². The van der Waals surface area contributed by atoms with E-state index in [0.717, 1.165) is 6.07 Å². The summed E-state index contributed by atoms with van der Waals surface area (Å²) in [5.41, 5.74) is 5.70. The fourth-order valence-electron chi connectivity index (χ4n) is 1.08. The molecule has 0 spiro atoms. The molecule has 0 fully saturated rings. The first-order valence-corrected chi connectivity index (χ1v) is 3.81. The highest BCUT2D eigenvalue weighted by Crippen LogP contribution is 2.16. The van der Waals surface area contributed by atoms with Gasteiger partial charge in [0.15, 0.2) is 6.29 Å². The smallest absolute Gasteiger partial charge is 0.150 e. The van der Waals surface area contributed by atoms with Gasteiger partial charge in [-0.25, -0.2) is 4.39 Å². The normalized spacial score (nSPS) is 12.5. The zero-order valence-electron chi connectivity index (χ0n) is 6.90. The van der Waals surface area contributed by atoms with Gasteiger partial charge in [0.05, 0.1) is 6.10 Å². The van der Waals surface area contributed by atoms with Crippen LogP contribution in [-0.2, 0) is 0 Å². The molecule has 3 N–H and O–H groups in total. The topological polar surface area (TPSA) is 63.3 Å². The molecule has 0 radical (unpaired) electrons.